The topological polar surface area (TPSA) is 175 Å². The second kappa shape index (κ2) is 13.3. The number of fused-ring (bicyclic) bond motifs is 1. The van der Waals surface area contributed by atoms with E-state index < -0.39 is 28.3 Å². The second-order valence-electron chi connectivity index (χ2n) is 8.88. The molecule has 0 saturated carbocycles. The van der Waals surface area contributed by atoms with Gasteiger partial charge in [0.05, 0.1) is 4.90 Å². The first-order valence-corrected chi connectivity index (χ1v) is 13.9. The molecule has 14 heteroatoms. The van der Waals surface area contributed by atoms with Crippen molar-refractivity contribution in [3.05, 3.63) is 79.0 Å². The number of halogens is 3. The summed E-state index contributed by atoms with van der Waals surface area (Å²) in [6.07, 6.45) is -2.88. The summed E-state index contributed by atoms with van der Waals surface area (Å²) >= 11 is 0. The Morgan fingerprint density at radius 2 is 1.69 bits per heavy atom. The number of benzene rings is 3. The van der Waals surface area contributed by atoms with E-state index in [1.54, 1.807) is 60.8 Å². The van der Waals surface area contributed by atoms with Crippen LogP contribution in [0.25, 0.3) is 21.9 Å². The summed E-state index contributed by atoms with van der Waals surface area (Å²) in [6, 6.07) is 20.7. The van der Waals surface area contributed by atoms with Gasteiger partial charge in [-0.1, -0.05) is 49.7 Å². The minimum atomic E-state index is -5.08. The van der Waals surface area contributed by atoms with E-state index in [0.717, 1.165) is 17.2 Å². The number of sulfonamides is 1. The molecule has 1 aromatic heterocycles. The lowest BCUT2D eigenvalue weighted by Gasteiger charge is -2.19. The number of pyridine rings is 1. The van der Waals surface area contributed by atoms with Gasteiger partial charge in [-0.2, -0.15) is 13.2 Å². The highest BCUT2D eigenvalue weighted by Crippen LogP contribution is 2.28. The molecule has 0 saturated heterocycles. The Morgan fingerprint density at radius 3 is 2.29 bits per heavy atom. The number of nitrogens with one attached hydrogen (secondary N) is 1. The maximum absolute atomic E-state index is 13.0. The highest BCUT2D eigenvalue weighted by Gasteiger charge is 2.38. The Morgan fingerprint density at radius 1 is 1.05 bits per heavy atom. The van der Waals surface area contributed by atoms with Gasteiger partial charge in [0, 0.05) is 22.8 Å². The molecule has 1 heterocycles. The molecular formula is C28H27F3N4O6S. The maximum Gasteiger partial charge on any atom is 0.490 e. The largest absolute Gasteiger partial charge is 0.490 e. The van der Waals surface area contributed by atoms with Gasteiger partial charge in [-0.15, -0.1) is 0 Å². The normalized spacial score (nSPS) is 12.1. The van der Waals surface area contributed by atoms with E-state index in [4.69, 9.17) is 25.5 Å². The van der Waals surface area contributed by atoms with E-state index in [2.05, 4.69) is 10.3 Å². The van der Waals surface area contributed by atoms with E-state index >= 15 is 0 Å². The van der Waals surface area contributed by atoms with Gasteiger partial charge in [-0.25, -0.2) is 23.3 Å². The van der Waals surface area contributed by atoms with E-state index in [1.165, 1.54) is 6.07 Å². The summed E-state index contributed by atoms with van der Waals surface area (Å²) < 4.78 is 61.6. The molecule has 42 heavy (non-hydrogen) atoms. The Bertz CT molecular complexity index is 1680. The smallest absolute Gasteiger partial charge is 0.481 e. The van der Waals surface area contributed by atoms with Crippen LogP contribution in [-0.4, -0.2) is 42.7 Å². The standard InChI is InChI=1S/C26H26N4O4S.C2HF3O2/c1-2-5-23(34-20-13-10-18-14-15-29-25(27)22(18)16-20)26(31)30-19-11-8-17(9-12-19)21-6-3-4-7-24(21)35(28,32)33;3-2(4,5)1(6)7/h3-4,6-16,23H,2,5H2,1H3,(H2,27,29)(H,30,31)(H2,28,32,33);(H,6,7). The van der Waals surface area contributed by atoms with Gasteiger partial charge in [-0.05, 0) is 53.8 Å². The summed E-state index contributed by atoms with van der Waals surface area (Å²) in [5.41, 5.74) is 7.69. The maximum atomic E-state index is 13.0. The molecule has 4 rings (SSSR count). The third-order valence-corrected chi connectivity index (χ3v) is 6.76. The fraction of sp³-hybridized carbons (Fsp3) is 0.179. The molecule has 0 aliphatic carbocycles. The predicted octanol–water partition coefficient (Wildman–Crippen LogP) is 4.95. The number of aromatic nitrogens is 1. The molecule has 0 aliphatic heterocycles. The van der Waals surface area contributed by atoms with Crippen LogP contribution in [0.4, 0.5) is 24.7 Å². The lowest BCUT2D eigenvalue weighted by Crippen LogP contribution is -2.32. The Labute approximate surface area is 239 Å². The SMILES string of the molecule is CCCC(Oc1ccc2ccnc(N)c2c1)C(=O)Nc1ccc(-c2ccccc2S(N)(=O)=O)cc1.O=C(O)C(F)(F)F. The van der Waals surface area contributed by atoms with Crippen LogP contribution in [0.5, 0.6) is 5.75 Å². The molecule has 222 valence electrons. The van der Waals surface area contributed by atoms with Gasteiger partial charge in [0.1, 0.15) is 11.6 Å². The number of nitrogens with zero attached hydrogens (tertiary/aromatic N) is 1. The molecule has 0 bridgehead atoms. The average Bonchev–Trinajstić information content (AvgIpc) is 2.93. The monoisotopic (exact) mass is 604 g/mol. The Hall–Kier alpha value is -4.69. The number of nitrogen functional groups attached to an aromatic ring is 1. The average molecular weight is 605 g/mol. The van der Waals surface area contributed by atoms with Crippen molar-refractivity contribution in [1.29, 1.82) is 0 Å². The molecule has 0 fully saturated rings. The number of alkyl halides is 3. The first-order chi connectivity index (χ1) is 19.7. The van der Waals surface area contributed by atoms with E-state index in [-0.39, 0.29) is 10.8 Å². The Kier molecular flexibility index (Phi) is 10.1. The second-order valence-corrected chi connectivity index (χ2v) is 10.4. The van der Waals surface area contributed by atoms with Crippen LogP contribution in [0.2, 0.25) is 0 Å². The van der Waals surface area contributed by atoms with Gasteiger partial charge < -0.3 is 20.9 Å². The molecule has 1 unspecified atom stereocenters. The lowest BCUT2D eigenvalue weighted by molar-refractivity contribution is -0.192. The van der Waals surface area contributed by atoms with Gasteiger partial charge in [0.2, 0.25) is 10.0 Å². The van der Waals surface area contributed by atoms with E-state index in [9.17, 15) is 26.4 Å². The number of carbonyl (C=O) groups is 2. The van der Waals surface area contributed by atoms with Crippen molar-refractivity contribution in [2.24, 2.45) is 5.14 Å². The van der Waals surface area contributed by atoms with Gasteiger partial charge in [0.25, 0.3) is 5.91 Å². The molecule has 3 aromatic carbocycles. The van der Waals surface area contributed by atoms with Crippen LogP contribution in [0.3, 0.4) is 0 Å². The van der Waals surface area contributed by atoms with Crippen LogP contribution >= 0.6 is 0 Å². The number of nitrogens with two attached hydrogens (primary N) is 2. The number of hydrogen-bond donors (Lipinski definition) is 4. The Balaban J connectivity index is 0.000000616. The molecule has 0 spiro atoms. The zero-order valence-corrected chi connectivity index (χ0v) is 22.9. The van der Waals surface area contributed by atoms with Crippen molar-refractivity contribution in [3.8, 4) is 16.9 Å². The van der Waals surface area contributed by atoms with Crippen molar-refractivity contribution >= 4 is 44.2 Å². The van der Waals surface area contributed by atoms with Crippen LogP contribution in [0, 0.1) is 0 Å². The predicted molar refractivity (Wildman–Crippen MR) is 151 cm³/mol. The van der Waals surface area contributed by atoms with Gasteiger partial charge in [0.15, 0.2) is 6.10 Å². The molecule has 1 atom stereocenters. The molecule has 10 nitrogen and oxygen atoms in total. The first kappa shape index (κ1) is 31.8. The molecule has 1 amide bonds. The lowest BCUT2D eigenvalue weighted by atomic mass is 10.1. The summed E-state index contributed by atoms with van der Waals surface area (Å²) in [4.78, 5) is 26.1. The number of carbonyl (C=O) groups excluding carboxylic acids is 1. The molecule has 4 aromatic rings. The van der Waals surface area contributed by atoms with Crippen molar-refractivity contribution in [3.63, 3.8) is 0 Å². The van der Waals surface area contributed by atoms with Crippen molar-refractivity contribution in [2.75, 3.05) is 11.1 Å². The molecule has 6 N–H and O–H groups in total. The highest BCUT2D eigenvalue weighted by molar-refractivity contribution is 7.89. The third kappa shape index (κ3) is 8.41. The van der Waals surface area contributed by atoms with Crippen LogP contribution < -0.4 is 20.9 Å². The zero-order chi connectivity index (χ0) is 31.1. The molecular weight excluding hydrogens is 577 g/mol. The summed E-state index contributed by atoms with van der Waals surface area (Å²) in [5, 5.41) is 17.0. The number of carboxylic acids is 1. The number of aliphatic carboxylic acids is 1. The van der Waals surface area contributed by atoms with Gasteiger partial charge in [-0.3, -0.25) is 4.79 Å². The molecule has 0 radical (unpaired) electrons. The van der Waals surface area contributed by atoms with Crippen molar-refractivity contribution < 1.29 is 41.0 Å². The summed E-state index contributed by atoms with van der Waals surface area (Å²) in [6.45, 7) is 1.98. The third-order valence-electron chi connectivity index (χ3n) is 5.79. The van der Waals surface area contributed by atoms with Crippen molar-refractivity contribution in [1.82, 2.24) is 4.98 Å². The fourth-order valence-corrected chi connectivity index (χ4v) is 4.58. The number of anilines is 2. The summed E-state index contributed by atoms with van der Waals surface area (Å²) in [7, 11) is -3.87. The number of primary sulfonamides is 1. The van der Waals surface area contributed by atoms with Crippen LogP contribution in [0.1, 0.15) is 19.8 Å². The van der Waals surface area contributed by atoms with Gasteiger partial charge >= 0.3 is 12.1 Å². The van der Waals surface area contributed by atoms with Crippen molar-refractivity contribution in [2.45, 2.75) is 36.9 Å². The van der Waals surface area contributed by atoms with E-state index in [1.807, 2.05) is 19.1 Å². The number of amides is 1. The zero-order valence-electron chi connectivity index (χ0n) is 22.1. The van der Waals surface area contributed by atoms with Crippen LogP contribution in [0.15, 0.2) is 83.9 Å². The number of ether oxygens (including phenoxy) is 1. The number of hydrogen-bond acceptors (Lipinski definition) is 7. The fourth-order valence-electron chi connectivity index (χ4n) is 3.82. The minimum absolute atomic E-state index is 0.0411. The quantitative estimate of drug-likeness (QED) is 0.218. The highest BCUT2D eigenvalue weighted by atomic mass is 32.2. The number of rotatable bonds is 8. The first-order valence-electron chi connectivity index (χ1n) is 12.3. The van der Waals surface area contributed by atoms with E-state index in [0.29, 0.717) is 34.8 Å². The summed E-state index contributed by atoms with van der Waals surface area (Å²) in [5.74, 6) is -2.12. The number of carboxylic acid groups (broad SMARTS) is 1. The van der Waals surface area contributed by atoms with Crippen LogP contribution in [-0.2, 0) is 19.6 Å². The molecule has 0 aliphatic rings. The minimum Gasteiger partial charge on any atom is -0.481 e.